The van der Waals surface area contributed by atoms with Crippen LogP contribution in [0.25, 0.3) is 11.3 Å². The van der Waals surface area contributed by atoms with Crippen LogP contribution < -0.4 is 5.32 Å². The van der Waals surface area contributed by atoms with Crippen LogP contribution in [0.4, 0.5) is 4.39 Å². The van der Waals surface area contributed by atoms with Crippen molar-refractivity contribution < 1.29 is 23.9 Å². The molecule has 1 heterocycles. The number of hydrogen-bond acceptors (Lipinski definition) is 4. The van der Waals surface area contributed by atoms with Gasteiger partial charge < -0.3 is 10.4 Å². The molecule has 0 aliphatic rings. The monoisotopic (exact) mass is 395 g/mol. The second-order valence-electron chi connectivity index (χ2n) is 6.46. The fourth-order valence-electron chi connectivity index (χ4n) is 2.91. The van der Waals surface area contributed by atoms with E-state index in [1.807, 2.05) is 6.07 Å². The molecule has 0 radical (unpaired) electrons. The number of halogens is 1. The highest BCUT2D eigenvalue weighted by atomic mass is 19.1. The average molecular weight is 395 g/mol. The molecule has 148 valence electrons. The Kier molecular flexibility index (Phi) is 5.82. The predicted octanol–water partition coefficient (Wildman–Crippen LogP) is 2.22. The van der Waals surface area contributed by atoms with Crippen LogP contribution in [0.15, 0.2) is 60.8 Å². The van der Waals surface area contributed by atoms with Gasteiger partial charge in [0.25, 0.3) is 11.7 Å². The van der Waals surface area contributed by atoms with Crippen molar-refractivity contribution in [2.24, 2.45) is 7.05 Å². The lowest BCUT2D eigenvalue weighted by Crippen LogP contribution is -2.45. The lowest BCUT2D eigenvalue weighted by Gasteiger charge is -2.16. The van der Waals surface area contributed by atoms with Gasteiger partial charge in [0, 0.05) is 25.2 Å². The summed E-state index contributed by atoms with van der Waals surface area (Å²) in [5.74, 6) is -3.90. The van der Waals surface area contributed by atoms with Crippen molar-refractivity contribution in [2.75, 3.05) is 0 Å². The standard InChI is InChI=1S/C21H18FN3O4/c1-25-12-16(18(24-25)14-5-3-2-4-6-14)20(27)23-17(19(26)21(28)29)11-13-7-9-15(22)10-8-13/h2-10,12,17H,11H2,1H3,(H,23,27)(H,28,29). The van der Waals surface area contributed by atoms with Gasteiger partial charge in [-0.25, -0.2) is 9.18 Å². The number of aryl methyl sites for hydroxylation is 1. The van der Waals surface area contributed by atoms with E-state index in [1.54, 1.807) is 31.3 Å². The molecule has 0 bridgehead atoms. The van der Waals surface area contributed by atoms with Crippen molar-refractivity contribution in [3.8, 4) is 11.3 Å². The largest absolute Gasteiger partial charge is 0.475 e. The molecule has 7 nitrogen and oxygen atoms in total. The Bertz CT molecular complexity index is 1050. The van der Waals surface area contributed by atoms with E-state index in [1.165, 1.54) is 35.1 Å². The number of carbonyl (C=O) groups is 3. The summed E-state index contributed by atoms with van der Waals surface area (Å²) in [4.78, 5) is 36.2. The first-order chi connectivity index (χ1) is 13.8. The second kappa shape index (κ2) is 8.47. The molecule has 0 fully saturated rings. The number of rotatable bonds is 7. The van der Waals surface area contributed by atoms with Gasteiger partial charge >= 0.3 is 5.97 Å². The maximum atomic E-state index is 13.1. The summed E-state index contributed by atoms with van der Waals surface area (Å²) in [6, 6.07) is 13.0. The van der Waals surface area contributed by atoms with E-state index in [0.717, 1.165) is 0 Å². The molecule has 1 amide bonds. The van der Waals surface area contributed by atoms with Crippen LogP contribution in [0.3, 0.4) is 0 Å². The molecule has 0 aliphatic heterocycles. The lowest BCUT2D eigenvalue weighted by atomic mass is 10.0. The highest BCUT2D eigenvalue weighted by molar-refractivity contribution is 6.35. The van der Waals surface area contributed by atoms with Crippen molar-refractivity contribution in [1.29, 1.82) is 0 Å². The van der Waals surface area contributed by atoms with Crippen LogP contribution in [-0.4, -0.2) is 38.6 Å². The number of aromatic nitrogens is 2. The molecular weight excluding hydrogens is 377 g/mol. The summed E-state index contributed by atoms with van der Waals surface area (Å²) in [5, 5.41) is 15.9. The molecule has 0 saturated carbocycles. The molecule has 1 aromatic heterocycles. The highest BCUT2D eigenvalue weighted by Gasteiger charge is 2.28. The Labute approximate surface area is 165 Å². The third kappa shape index (κ3) is 4.73. The summed E-state index contributed by atoms with van der Waals surface area (Å²) < 4.78 is 14.6. The molecule has 3 aromatic rings. The summed E-state index contributed by atoms with van der Waals surface area (Å²) >= 11 is 0. The molecule has 2 aromatic carbocycles. The van der Waals surface area contributed by atoms with Gasteiger partial charge in [0.2, 0.25) is 0 Å². The number of Topliss-reactive ketones (excluding diaryl/α,β-unsaturated/α-hetero) is 1. The van der Waals surface area contributed by atoms with Gasteiger partial charge in [-0.15, -0.1) is 0 Å². The van der Waals surface area contributed by atoms with E-state index in [-0.39, 0.29) is 12.0 Å². The molecule has 0 aliphatic carbocycles. The molecule has 3 rings (SSSR count). The molecule has 1 atom stereocenters. The third-order valence-electron chi connectivity index (χ3n) is 4.31. The Hall–Kier alpha value is -3.81. The minimum absolute atomic E-state index is 0.0852. The number of nitrogens with one attached hydrogen (secondary N) is 1. The minimum atomic E-state index is -1.66. The molecule has 1 unspecified atom stereocenters. The van der Waals surface area contributed by atoms with Crippen molar-refractivity contribution in [3.63, 3.8) is 0 Å². The van der Waals surface area contributed by atoms with E-state index >= 15 is 0 Å². The van der Waals surface area contributed by atoms with Crippen LogP contribution in [0.1, 0.15) is 15.9 Å². The number of carboxylic acids is 1. The molecule has 0 saturated heterocycles. The number of benzene rings is 2. The summed E-state index contributed by atoms with van der Waals surface area (Å²) in [6.07, 6.45) is 1.41. The maximum absolute atomic E-state index is 13.1. The second-order valence-corrected chi connectivity index (χ2v) is 6.46. The van der Waals surface area contributed by atoms with Gasteiger partial charge in [-0.3, -0.25) is 14.3 Å². The quantitative estimate of drug-likeness (QED) is 0.598. The van der Waals surface area contributed by atoms with E-state index in [2.05, 4.69) is 10.4 Å². The fourth-order valence-corrected chi connectivity index (χ4v) is 2.91. The molecule has 0 spiro atoms. The topological polar surface area (TPSA) is 101 Å². The number of hydrogen-bond donors (Lipinski definition) is 2. The van der Waals surface area contributed by atoms with Crippen LogP contribution in [0.5, 0.6) is 0 Å². The van der Waals surface area contributed by atoms with E-state index < -0.39 is 29.5 Å². The molecule has 8 heteroatoms. The zero-order chi connectivity index (χ0) is 21.0. The number of carbonyl (C=O) groups excluding carboxylic acids is 2. The Balaban J connectivity index is 1.88. The Morgan fingerprint density at radius 3 is 2.38 bits per heavy atom. The smallest absolute Gasteiger partial charge is 0.374 e. The number of carboxylic acid groups (broad SMARTS) is 1. The minimum Gasteiger partial charge on any atom is -0.475 e. The zero-order valence-corrected chi connectivity index (χ0v) is 15.5. The van der Waals surface area contributed by atoms with Gasteiger partial charge in [0.15, 0.2) is 0 Å². The van der Waals surface area contributed by atoms with Gasteiger partial charge in [-0.2, -0.15) is 5.10 Å². The van der Waals surface area contributed by atoms with Crippen molar-refractivity contribution in [1.82, 2.24) is 15.1 Å². The van der Waals surface area contributed by atoms with Crippen molar-refractivity contribution in [3.05, 3.63) is 77.7 Å². The normalized spacial score (nSPS) is 11.7. The molecule has 2 N–H and O–H groups in total. The SMILES string of the molecule is Cn1cc(C(=O)NC(Cc2ccc(F)cc2)C(=O)C(=O)O)c(-c2ccccc2)n1. The third-order valence-corrected chi connectivity index (χ3v) is 4.31. The van der Waals surface area contributed by atoms with E-state index in [9.17, 15) is 18.8 Å². The van der Waals surface area contributed by atoms with Gasteiger partial charge in [-0.1, -0.05) is 42.5 Å². The van der Waals surface area contributed by atoms with Gasteiger partial charge in [0.1, 0.15) is 17.6 Å². The van der Waals surface area contributed by atoms with Gasteiger partial charge in [0.05, 0.1) is 5.56 Å². The average Bonchev–Trinajstić information content (AvgIpc) is 3.11. The summed E-state index contributed by atoms with van der Waals surface area (Å²) in [6.45, 7) is 0. The summed E-state index contributed by atoms with van der Waals surface area (Å²) in [5.41, 5.74) is 1.84. The van der Waals surface area contributed by atoms with Crippen LogP contribution in [0.2, 0.25) is 0 Å². The first-order valence-corrected chi connectivity index (χ1v) is 8.76. The van der Waals surface area contributed by atoms with Crippen molar-refractivity contribution in [2.45, 2.75) is 12.5 Å². The van der Waals surface area contributed by atoms with Crippen LogP contribution in [0, 0.1) is 5.82 Å². The number of amides is 1. The number of ketones is 1. The lowest BCUT2D eigenvalue weighted by molar-refractivity contribution is -0.149. The predicted molar refractivity (Wildman–Crippen MR) is 103 cm³/mol. The van der Waals surface area contributed by atoms with E-state index in [0.29, 0.717) is 16.8 Å². The number of nitrogens with zero attached hydrogens (tertiary/aromatic N) is 2. The first-order valence-electron chi connectivity index (χ1n) is 8.76. The highest BCUT2D eigenvalue weighted by Crippen LogP contribution is 2.21. The van der Waals surface area contributed by atoms with Crippen LogP contribution >= 0.6 is 0 Å². The maximum Gasteiger partial charge on any atom is 0.374 e. The number of aliphatic carboxylic acids is 1. The van der Waals surface area contributed by atoms with Gasteiger partial charge in [-0.05, 0) is 17.7 Å². The zero-order valence-electron chi connectivity index (χ0n) is 15.5. The Morgan fingerprint density at radius 1 is 1.10 bits per heavy atom. The Morgan fingerprint density at radius 2 is 1.76 bits per heavy atom. The molecular formula is C21H18FN3O4. The molecule has 29 heavy (non-hydrogen) atoms. The van der Waals surface area contributed by atoms with E-state index in [4.69, 9.17) is 5.11 Å². The summed E-state index contributed by atoms with van der Waals surface area (Å²) in [7, 11) is 1.65. The van der Waals surface area contributed by atoms with Crippen LogP contribution in [-0.2, 0) is 23.1 Å². The fraction of sp³-hybridized carbons (Fsp3) is 0.143. The van der Waals surface area contributed by atoms with Crippen molar-refractivity contribution >= 4 is 17.7 Å². The first kappa shape index (κ1) is 19.9.